The third-order valence-electron chi connectivity index (χ3n) is 3.15. The van der Waals surface area contributed by atoms with Gasteiger partial charge >= 0.3 is 0 Å². The minimum Gasteiger partial charge on any atom is -0.224 e. The Morgan fingerprint density at radius 1 is 1.21 bits per heavy atom. The van der Waals surface area contributed by atoms with Crippen LogP contribution in [-0.4, -0.2) is 19.7 Å². The lowest BCUT2D eigenvalue weighted by Gasteiger charge is -2.14. The molecular weight excluding hydrogens is 260 g/mol. The van der Waals surface area contributed by atoms with Crippen LogP contribution in [0.15, 0.2) is 12.4 Å². The minimum absolute atomic E-state index is 0.252. The maximum atomic E-state index is 6.22. The summed E-state index contributed by atoms with van der Waals surface area (Å²) in [7, 11) is 0. The monoisotopic (exact) mass is 278 g/mol. The zero-order valence-electron chi connectivity index (χ0n) is 11.8. The number of halogens is 1. The lowest BCUT2D eigenvalue weighted by molar-refractivity contribution is 0.733. The van der Waals surface area contributed by atoms with E-state index in [-0.39, 0.29) is 5.92 Å². The number of hydrogen-bond acceptors (Lipinski definition) is 3. The molecule has 0 saturated heterocycles. The summed E-state index contributed by atoms with van der Waals surface area (Å²) in [6.07, 6.45) is 3.32. The van der Waals surface area contributed by atoms with E-state index in [1.807, 2.05) is 4.68 Å². The van der Waals surface area contributed by atoms with Crippen LogP contribution in [0.5, 0.6) is 0 Å². The SMILES string of the molecule is CCc1cc(CC)n(-c2ncnc(Cl)c2C(C)C)n1. The van der Waals surface area contributed by atoms with Gasteiger partial charge in [0.05, 0.1) is 5.69 Å². The molecule has 0 aliphatic rings. The maximum absolute atomic E-state index is 6.22. The third-order valence-corrected chi connectivity index (χ3v) is 3.45. The second-order valence-corrected chi connectivity index (χ2v) is 5.16. The Morgan fingerprint density at radius 2 is 1.95 bits per heavy atom. The van der Waals surface area contributed by atoms with Gasteiger partial charge in [-0.15, -0.1) is 0 Å². The molecule has 0 saturated carbocycles. The first-order valence-electron chi connectivity index (χ1n) is 6.67. The first-order valence-corrected chi connectivity index (χ1v) is 7.04. The molecule has 2 aromatic heterocycles. The number of aromatic nitrogens is 4. The predicted octanol–water partition coefficient (Wildman–Crippen LogP) is 3.56. The Labute approximate surface area is 118 Å². The van der Waals surface area contributed by atoms with Crippen molar-refractivity contribution in [3.05, 3.63) is 34.5 Å². The van der Waals surface area contributed by atoms with E-state index >= 15 is 0 Å². The topological polar surface area (TPSA) is 43.6 Å². The van der Waals surface area contributed by atoms with E-state index in [0.29, 0.717) is 5.15 Å². The minimum atomic E-state index is 0.252. The van der Waals surface area contributed by atoms with Crippen molar-refractivity contribution in [1.82, 2.24) is 19.7 Å². The molecule has 0 aliphatic heterocycles. The van der Waals surface area contributed by atoms with Gasteiger partial charge in [0.25, 0.3) is 0 Å². The molecule has 0 aliphatic carbocycles. The zero-order valence-corrected chi connectivity index (χ0v) is 12.6. The van der Waals surface area contributed by atoms with Crippen molar-refractivity contribution in [2.24, 2.45) is 0 Å². The summed E-state index contributed by atoms with van der Waals surface area (Å²) in [6, 6.07) is 2.13. The fourth-order valence-electron chi connectivity index (χ4n) is 2.11. The summed E-state index contributed by atoms with van der Waals surface area (Å²) < 4.78 is 1.90. The van der Waals surface area contributed by atoms with Crippen LogP contribution in [0.4, 0.5) is 0 Å². The first-order chi connectivity index (χ1) is 9.08. The Morgan fingerprint density at radius 3 is 2.53 bits per heavy atom. The fourth-order valence-corrected chi connectivity index (χ4v) is 2.46. The average molecular weight is 279 g/mol. The van der Waals surface area contributed by atoms with Gasteiger partial charge in [0.2, 0.25) is 0 Å². The Bertz CT molecular complexity index is 575. The van der Waals surface area contributed by atoms with Gasteiger partial charge in [-0.25, -0.2) is 14.6 Å². The lowest BCUT2D eigenvalue weighted by atomic mass is 10.1. The molecule has 2 heterocycles. The van der Waals surface area contributed by atoms with Crippen LogP contribution in [0.3, 0.4) is 0 Å². The molecule has 0 N–H and O–H groups in total. The van der Waals surface area contributed by atoms with E-state index < -0.39 is 0 Å². The van der Waals surface area contributed by atoms with Gasteiger partial charge in [-0.05, 0) is 24.8 Å². The summed E-state index contributed by atoms with van der Waals surface area (Å²) in [6.45, 7) is 8.39. The standard InChI is InChI=1S/C14H19ClN4/c1-5-10-7-11(6-2)19(18-10)14-12(9(3)4)13(15)16-8-17-14/h7-9H,5-6H2,1-4H3. The molecular formula is C14H19ClN4. The van der Waals surface area contributed by atoms with Crippen molar-refractivity contribution in [1.29, 1.82) is 0 Å². The van der Waals surface area contributed by atoms with Crippen LogP contribution >= 0.6 is 11.6 Å². The summed E-state index contributed by atoms with van der Waals surface area (Å²) in [4.78, 5) is 8.47. The smallest absolute Gasteiger partial charge is 0.161 e. The summed E-state index contributed by atoms with van der Waals surface area (Å²) in [5, 5.41) is 5.13. The third kappa shape index (κ3) is 2.63. The van der Waals surface area contributed by atoms with E-state index in [9.17, 15) is 0 Å². The maximum Gasteiger partial charge on any atom is 0.161 e. The highest BCUT2D eigenvalue weighted by Crippen LogP contribution is 2.27. The van der Waals surface area contributed by atoms with E-state index in [1.54, 1.807) is 0 Å². The van der Waals surface area contributed by atoms with Crippen molar-refractivity contribution in [3.63, 3.8) is 0 Å². The van der Waals surface area contributed by atoms with Crippen LogP contribution in [0.2, 0.25) is 5.15 Å². The highest BCUT2D eigenvalue weighted by atomic mass is 35.5. The van der Waals surface area contributed by atoms with Crippen molar-refractivity contribution in [2.75, 3.05) is 0 Å². The molecule has 0 unspecified atom stereocenters. The fraction of sp³-hybridized carbons (Fsp3) is 0.500. The molecule has 2 aromatic rings. The predicted molar refractivity (Wildman–Crippen MR) is 77.0 cm³/mol. The molecule has 5 heteroatoms. The van der Waals surface area contributed by atoms with Gasteiger partial charge in [-0.2, -0.15) is 5.10 Å². The van der Waals surface area contributed by atoms with Crippen LogP contribution in [0, 0.1) is 0 Å². The van der Waals surface area contributed by atoms with E-state index in [2.05, 4.69) is 48.8 Å². The number of nitrogens with zero attached hydrogens (tertiary/aromatic N) is 4. The second-order valence-electron chi connectivity index (χ2n) is 4.80. The van der Waals surface area contributed by atoms with Crippen molar-refractivity contribution >= 4 is 11.6 Å². The average Bonchev–Trinajstić information content (AvgIpc) is 2.81. The Hall–Kier alpha value is -1.42. The molecule has 4 nitrogen and oxygen atoms in total. The quantitative estimate of drug-likeness (QED) is 0.803. The molecule has 0 atom stereocenters. The van der Waals surface area contributed by atoms with Crippen LogP contribution < -0.4 is 0 Å². The van der Waals surface area contributed by atoms with Crippen molar-refractivity contribution < 1.29 is 0 Å². The van der Waals surface area contributed by atoms with Gasteiger partial charge in [0.15, 0.2) is 5.82 Å². The van der Waals surface area contributed by atoms with E-state index in [1.165, 1.54) is 6.33 Å². The van der Waals surface area contributed by atoms with Crippen LogP contribution in [0.25, 0.3) is 5.82 Å². The number of rotatable bonds is 4. The molecule has 0 aromatic carbocycles. The molecule has 0 spiro atoms. The van der Waals surface area contributed by atoms with Gasteiger partial charge in [0, 0.05) is 11.3 Å². The largest absolute Gasteiger partial charge is 0.224 e. The van der Waals surface area contributed by atoms with Crippen LogP contribution in [0.1, 0.15) is 50.6 Å². The Balaban J connectivity index is 2.64. The molecule has 2 rings (SSSR count). The van der Waals surface area contributed by atoms with Gasteiger partial charge in [-0.1, -0.05) is 39.3 Å². The summed E-state index contributed by atoms with van der Waals surface area (Å²) in [5.41, 5.74) is 3.17. The molecule has 0 fully saturated rings. The molecule has 0 radical (unpaired) electrons. The lowest BCUT2D eigenvalue weighted by Crippen LogP contribution is -2.10. The molecule has 102 valence electrons. The summed E-state index contributed by atoms with van der Waals surface area (Å²) in [5.74, 6) is 1.05. The molecule has 0 amide bonds. The second kappa shape index (κ2) is 5.70. The number of hydrogen-bond donors (Lipinski definition) is 0. The first kappa shape index (κ1) is 14.0. The summed E-state index contributed by atoms with van der Waals surface area (Å²) >= 11 is 6.22. The van der Waals surface area contributed by atoms with E-state index in [0.717, 1.165) is 35.6 Å². The van der Waals surface area contributed by atoms with Gasteiger partial charge in [-0.3, -0.25) is 0 Å². The van der Waals surface area contributed by atoms with Gasteiger partial charge in [0.1, 0.15) is 11.5 Å². The van der Waals surface area contributed by atoms with Crippen molar-refractivity contribution in [2.45, 2.75) is 46.5 Å². The number of aryl methyl sites for hydroxylation is 2. The van der Waals surface area contributed by atoms with Crippen LogP contribution in [-0.2, 0) is 12.8 Å². The van der Waals surface area contributed by atoms with Gasteiger partial charge < -0.3 is 0 Å². The highest BCUT2D eigenvalue weighted by Gasteiger charge is 2.18. The molecule has 19 heavy (non-hydrogen) atoms. The molecule has 0 bridgehead atoms. The Kier molecular flexibility index (Phi) is 4.20. The van der Waals surface area contributed by atoms with Crippen molar-refractivity contribution in [3.8, 4) is 5.82 Å². The zero-order chi connectivity index (χ0) is 14.0. The van der Waals surface area contributed by atoms with E-state index in [4.69, 9.17) is 11.6 Å². The normalized spacial score (nSPS) is 11.3. The highest BCUT2D eigenvalue weighted by molar-refractivity contribution is 6.30.